The van der Waals surface area contributed by atoms with Gasteiger partial charge in [-0.15, -0.1) is 11.3 Å². The number of carboxylic acid groups (broad SMARTS) is 1. The monoisotopic (exact) mass is 283 g/mol. The van der Waals surface area contributed by atoms with E-state index >= 15 is 0 Å². The van der Waals surface area contributed by atoms with Crippen LogP contribution in [-0.2, 0) is 0 Å². The van der Waals surface area contributed by atoms with Gasteiger partial charge in [-0.1, -0.05) is 11.6 Å². The molecule has 5 nitrogen and oxygen atoms in total. The minimum atomic E-state index is -1.05. The molecule has 0 aliphatic rings. The van der Waals surface area contributed by atoms with Crippen molar-refractivity contribution in [3.05, 3.63) is 33.4 Å². The number of aromatic carboxylic acids is 1. The molecule has 0 saturated heterocycles. The van der Waals surface area contributed by atoms with Crippen molar-refractivity contribution in [1.29, 1.82) is 0 Å². The molecule has 0 spiro atoms. The zero-order chi connectivity index (χ0) is 13.3. The van der Waals surface area contributed by atoms with Crippen LogP contribution < -0.4 is 5.32 Å². The molecule has 0 aromatic carbocycles. The molecule has 0 fully saturated rings. The van der Waals surface area contributed by atoms with Gasteiger partial charge in [-0.25, -0.2) is 14.8 Å². The molecule has 0 atom stereocenters. The number of aryl methyl sites for hydroxylation is 2. The van der Waals surface area contributed by atoms with Crippen LogP contribution in [0.3, 0.4) is 0 Å². The van der Waals surface area contributed by atoms with E-state index in [2.05, 4.69) is 15.3 Å². The molecule has 0 aliphatic carbocycles. The summed E-state index contributed by atoms with van der Waals surface area (Å²) in [5.74, 6) is -0.678. The first-order valence-corrected chi connectivity index (χ1v) is 6.27. The number of carbonyl (C=O) groups is 1. The van der Waals surface area contributed by atoms with E-state index in [1.165, 1.54) is 23.5 Å². The molecular formula is C11H10ClN3O2S. The molecule has 2 aromatic rings. The largest absolute Gasteiger partial charge is 0.478 e. The van der Waals surface area contributed by atoms with Crippen LogP contribution in [0.15, 0.2) is 12.1 Å². The van der Waals surface area contributed by atoms with Crippen LogP contribution in [0.2, 0.25) is 5.15 Å². The summed E-state index contributed by atoms with van der Waals surface area (Å²) in [5.41, 5.74) is 1.02. The van der Waals surface area contributed by atoms with Crippen LogP contribution in [0.4, 0.5) is 10.9 Å². The minimum absolute atomic E-state index is 0.0856. The van der Waals surface area contributed by atoms with Crippen LogP contribution in [-0.4, -0.2) is 21.0 Å². The van der Waals surface area contributed by atoms with Gasteiger partial charge in [0, 0.05) is 4.88 Å². The van der Waals surface area contributed by atoms with Crippen LogP contribution >= 0.6 is 22.9 Å². The summed E-state index contributed by atoms with van der Waals surface area (Å²) in [6.07, 6.45) is 0. The number of hydrogen-bond acceptors (Lipinski definition) is 5. The first-order valence-electron chi connectivity index (χ1n) is 5.07. The Labute approximate surface area is 112 Å². The van der Waals surface area contributed by atoms with E-state index in [1.54, 1.807) is 0 Å². The van der Waals surface area contributed by atoms with Gasteiger partial charge in [-0.3, -0.25) is 0 Å². The van der Waals surface area contributed by atoms with E-state index in [9.17, 15) is 4.79 Å². The van der Waals surface area contributed by atoms with Gasteiger partial charge in [0.2, 0.25) is 0 Å². The molecule has 2 rings (SSSR count). The van der Waals surface area contributed by atoms with Crippen molar-refractivity contribution < 1.29 is 9.90 Å². The molecule has 0 saturated carbocycles. The highest BCUT2D eigenvalue weighted by atomic mass is 35.5. The molecule has 94 valence electrons. The average molecular weight is 284 g/mol. The van der Waals surface area contributed by atoms with Gasteiger partial charge in [0.15, 0.2) is 5.13 Å². The number of hydrogen-bond donors (Lipinski definition) is 2. The summed E-state index contributed by atoms with van der Waals surface area (Å²) in [6.45, 7) is 3.87. The Bertz CT molecular complexity index is 593. The Hall–Kier alpha value is -1.66. The van der Waals surface area contributed by atoms with E-state index < -0.39 is 5.97 Å². The lowest BCUT2D eigenvalue weighted by Gasteiger charge is -2.03. The zero-order valence-corrected chi connectivity index (χ0v) is 11.3. The number of nitrogens with zero attached hydrogens (tertiary/aromatic N) is 2. The number of halogens is 1. The van der Waals surface area contributed by atoms with Gasteiger partial charge in [0.1, 0.15) is 11.0 Å². The second-order valence-electron chi connectivity index (χ2n) is 3.65. The highest BCUT2D eigenvalue weighted by Crippen LogP contribution is 2.25. The van der Waals surface area contributed by atoms with E-state index in [0.717, 1.165) is 10.6 Å². The van der Waals surface area contributed by atoms with E-state index in [1.807, 2.05) is 13.8 Å². The Morgan fingerprint density at radius 2 is 2.11 bits per heavy atom. The normalized spacial score (nSPS) is 10.4. The van der Waals surface area contributed by atoms with Crippen molar-refractivity contribution in [3.8, 4) is 0 Å². The Balaban J connectivity index is 2.31. The van der Waals surface area contributed by atoms with Crippen molar-refractivity contribution >= 4 is 39.9 Å². The third kappa shape index (κ3) is 2.77. The smallest absolute Gasteiger partial charge is 0.335 e. The van der Waals surface area contributed by atoms with Crippen LogP contribution in [0.1, 0.15) is 20.9 Å². The molecule has 2 aromatic heterocycles. The highest BCUT2D eigenvalue weighted by molar-refractivity contribution is 7.15. The fourth-order valence-electron chi connectivity index (χ4n) is 1.32. The molecule has 7 heteroatoms. The molecule has 0 amide bonds. The van der Waals surface area contributed by atoms with Gasteiger partial charge in [-0.05, 0) is 26.0 Å². The molecule has 0 bridgehead atoms. The van der Waals surface area contributed by atoms with Crippen molar-refractivity contribution in [2.45, 2.75) is 13.8 Å². The number of anilines is 2. The van der Waals surface area contributed by atoms with E-state index in [4.69, 9.17) is 16.7 Å². The van der Waals surface area contributed by atoms with Gasteiger partial charge in [-0.2, -0.15) is 0 Å². The number of nitrogens with one attached hydrogen (secondary N) is 1. The minimum Gasteiger partial charge on any atom is -0.478 e. The van der Waals surface area contributed by atoms with Crippen LogP contribution in [0.5, 0.6) is 0 Å². The highest BCUT2D eigenvalue weighted by Gasteiger charge is 2.09. The Morgan fingerprint density at radius 1 is 1.39 bits per heavy atom. The summed E-state index contributed by atoms with van der Waals surface area (Å²) >= 11 is 7.24. The van der Waals surface area contributed by atoms with Gasteiger partial charge in [0.25, 0.3) is 0 Å². The SMILES string of the molecule is Cc1nc(Nc2cc(C(=O)O)cc(Cl)n2)sc1C. The second-order valence-corrected chi connectivity index (χ2v) is 5.24. The lowest BCUT2D eigenvalue weighted by molar-refractivity contribution is 0.0697. The second kappa shape index (κ2) is 4.91. The third-order valence-corrected chi connectivity index (χ3v) is 3.49. The average Bonchev–Trinajstić information content (AvgIpc) is 2.56. The Kier molecular flexibility index (Phi) is 3.49. The summed E-state index contributed by atoms with van der Waals surface area (Å²) in [6, 6.07) is 2.72. The molecule has 2 N–H and O–H groups in total. The lowest BCUT2D eigenvalue weighted by atomic mass is 10.2. The first kappa shape index (κ1) is 12.8. The summed E-state index contributed by atoms with van der Waals surface area (Å²) < 4.78 is 0. The maximum absolute atomic E-state index is 10.9. The van der Waals surface area contributed by atoms with Gasteiger partial charge >= 0.3 is 5.97 Å². The number of aromatic nitrogens is 2. The summed E-state index contributed by atoms with van der Waals surface area (Å²) in [7, 11) is 0. The predicted octanol–water partition coefficient (Wildman–Crippen LogP) is 3.25. The Morgan fingerprint density at radius 3 is 2.67 bits per heavy atom. The number of thiazole rings is 1. The van der Waals surface area contributed by atoms with E-state index in [-0.39, 0.29) is 10.7 Å². The summed E-state index contributed by atoms with van der Waals surface area (Å²) in [5, 5.41) is 12.7. The molecule has 2 heterocycles. The molecule has 0 aliphatic heterocycles. The predicted molar refractivity (Wildman–Crippen MR) is 71.1 cm³/mol. The number of pyridine rings is 1. The van der Waals surface area contributed by atoms with Crippen molar-refractivity contribution in [1.82, 2.24) is 9.97 Å². The van der Waals surface area contributed by atoms with Crippen LogP contribution in [0.25, 0.3) is 0 Å². The fraction of sp³-hybridized carbons (Fsp3) is 0.182. The topological polar surface area (TPSA) is 75.1 Å². The van der Waals surface area contributed by atoms with Gasteiger partial charge < -0.3 is 10.4 Å². The third-order valence-electron chi connectivity index (χ3n) is 2.30. The molecular weight excluding hydrogens is 274 g/mol. The summed E-state index contributed by atoms with van der Waals surface area (Å²) in [4.78, 5) is 20.3. The van der Waals surface area contributed by atoms with Crippen molar-refractivity contribution in [2.24, 2.45) is 0 Å². The fourth-order valence-corrected chi connectivity index (χ4v) is 2.35. The number of carboxylic acids is 1. The maximum Gasteiger partial charge on any atom is 0.335 e. The molecule has 18 heavy (non-hydrogen) atoms. The van der Waals surface area contributed by atoms with Gasteiger partial charge in [0.05, 0.1) is 11.3 Å². The first-order chi connectivity index (χ1) is 8.45. The molecule has 0 radical (unpaired) electrons. The zero-order valence-electron chi connectivity index (χ0n) is 9.69. The van der Waals surface area contributed by atoms with Crippen molar-refractivity contribution in [3.63, 3.8) is 0 Å². The quantitative estimate of drug-likeness (QED) is 0.846. The lowest BCUT2D eigenvalue weighted by Crippen LogP contribution is -2.00. The van der Waals surface area contributed by atoms with Crippen LogP contribution in [0, 0.1) is 13.8 Å². The maximum atomic E-state index is 10.9. The number of rotatable bonds is 3. The van der Waals surface area contributed by atoms with E-state index in [0.29, 0.717) is 10.9 Å². The standard InChI is InChI=1S/C11H10ClN3O2S/c1-5-6(2)18-11(13-5)15-9-4-7(10(16)17)3-8(12)14-9/h3-4H,1-2H3,(H,16,17)(H,13,14,15). The molecule has 0 unspecified atom stereocenters. The van der Waals surface area contributed by atoms with Crippen molar-refractivity contribution in [2.75, 3.05) is 5.32 Å².